The van der Waals surface area contributed by atoms with Gasteiger partial charge in [0.25, 0.3) is 0 Å². The molecule has 4 rings (SSSR count). The number of nitrogens with zero attached hydrogens (tertiary/aromatic N) is 3. The average molecular weight is 465 g/mol. The van der Waals surface area contributed by atoms with E-state index in [0.717, 1.165) is 17.8 Å². The van der Waals surface area contributed by atoms with Crippen LogP contribution in [0.3, 0.4) is 0 Å². The largest absolute Gasteiger partial charge is 0.416 e. The van der Waals surface area contributed by atoms with Crippen molar-refractivity contribution >= 4 is 15.7 Å². The Labute approximate surface area is 184 Å². The number of sulfonamides is 1. The zero-order valence-corrected chi connectivity index (χ0v) is 18.5. The van der Waals surface area contributed by atoms with Crippen LogP contribution in [0.25, 0.3) is 11.3 Å². The molecule has 0 bridgehead atoms. The second-order valence-electron chi connectivity index (χ2n) is 7.86. The normalized spacial score (nSPS) is 15.8. The molecule has 0 amide bonds. The maximum absolute atomic E-state index is 13.4. The minimum Gasteiger partial charge on any atom is -0.369 e. The van der Waals surface area contributed by atoms with Crippen molar-refractivity contribution in [2.45, 2.75) is 24.9 Å². The molecule has 2 aromatic carbocycles. The fourth-order valence-corrected chi connectivity index (χ4v) is 5.48. The first-order chi connectivity index (χ1) is 15.1. The van der Waals surface area contributed by atoms with Crippen LogP contribution in [-0.4, -0.2) is 49.1 Å². The van der Waals surface area contributed by atoms with Crippen LogP contribution in [0, 0.1) is 13.8 Å². The predicted molar refractivity (Wildman–Crippen MR) is 116 cm³/mol. The van der Waals surface area contributed by atoms with Crippen molar-refractivity contribution in [3.63, 3.8) is 0 Å². The van der Waals surface area contributed by atoms with Gasteiger partial charge < -0.3 is 4.90 Å². The van der Waals surface area contributed by atoms with Crippen LogP contribution in [0.5, 0.6) is 0 Å². The molecule has 1 aromatic heterocycles. The van der Waals surface area contributed by atoms with E-state index in [2.05, 4.69) is 10.2 Å². The smallest absolute Gasteiger partial charge is 0.369 e. The highest BCUT2D eigenvalue weighted by atomic mass is 32.2. The number of rotatable bonds is 4. The highest BCUT2D eigenvalue weighted by Gasteiger charge is 2.33. The Balaban J connectivity index is 1.54. The van der Waals surface area contributed by atoms with Crippen molar-refractivity contribution < 1.29 is 21.6 Å². The van der Waals surface area contributed by atoms with Crippen molar-refractivity contribution in [1.82, 2.24) is 14.5 Å². The number of aromatic nitrogens is 2. The summed E-state index contributed by atoms with van der Waals surface area (Å²) in [6, 6.07) is 12.2. The van der Waals surface area contributed by atoms with Crippen LogP contribution >= 0.6 is 0 Å². The van der Waals surface area contributed by atoms with Gasteiger partial charge in [-0.1, -0.05) is 18.2 Å². The zero-order valence-electron chi connectivity index (χ0n) is 17.6. The summed E-state index contributed by atoms with van der Waals surface area (Å²) in [5.74, 6) is 0. The van der Waals surface area contributed by atoms with Crippen LogP contribution in [-0.2, 0) is 16.2 Å². The Bertz CT molecular complexity index is 1230. The first-order valence-electron chi connectivity index (χ1n) is 10.1. The maximum Gasteiger partial charge on any atom is 0.416 e. The fourth-order valence-electron chi connectivity index (χ4n) is 3.81. The van der Waals surface area contributed by atoms with Crippen LogP contribution in [0.1, 0.15) is 16.8 Å². The number of H-pyrrole nitrogens is 1. The van der Waals surface area contributed by atoms with Gasteiger partial charge >= 0.3 is 6.18 Å². The maximum atomic E-state index is 13.4. The molecular formula is C22H23F3N4O2S. The molecule has 0 aliphatic carbocycles. The molecule has 10 heteroatoms. The Morgan fingerprint density at radius 3 is 2.31 bits per heavy atom. The summed E-state index contributed by atoms with van der Waals surface area (Å²) < 4.78 is 67.2. The number of aryl methyl sites for hydroxylation is 2. The van der Waals surface area contributed by atoms with E-state index < -0.39 is 21.8 Å². The molecule has 0 radical (unpaired) electrons. The average Bonchev–Trinajstić information content (AvgIpc) is 3.20. The molecule has 170 valence electrons. The van der Waals surface area contributed by atoms with Gasteiger partial charge in [0.2, 0.25) is 10.0 Å². The first-order valence-corrected chi connectivity index (χ1v) is 11.5. The van der Waals surface area contributed by atoms with Crippen molar-refractivity contribution in [2.75, 3.05) is 31.1 Å². The second kappa shape index (κ2) is 8.25. The lowest BCUT2D eigenvalue weighted by Crippen LogP contribution is -2.48. The highest BCUT2D eigenvalue weighted by Crippen LogP contribution is 2.32. The molecule has 1 saturated heterocycles. The van der Waals surface area contributed by atoms with Crippen molar-refractivity contribution in [3.8, 4) is 11.3 Å². The van der Waals surface area contributed by atoms with E-state index in [1.807, 2.05) is 19.1 Å². The number of aromatic amines is 1. The Hall–Kier alpha value is -2.85. The molecule has 32 heavy (non-hydrogen) atoms. The van der Waals surface area contributed by atoms with Crippen LogP contribution in [0.4, 0.5) is 18.9 Å². The topological polar surface area (TPSA) is 69.3 Å². The summed E-state index contributed by atoms with van der Waals surface area (Å²) in [5, 5.41) is 7.05. The third kappa shape index (κ3) is 4.37. The summed E-state index contributed by atoms with van der Waals surface area (Å²) >= 11 is 0. The second-order valence-corrected chi connectivity index (χ2v) is 9.76. The van der Waals surface area contributed by atoms with E-state index in [0.29, 0.717) is 35.6 Å². The van der Waals surface area contributed by atoms with Gasteiger partial charge in [0, 0.05) is 43.1 Å². The van der Waals surface area contributed by atoms with Gasteiger partial charge in [-0.15, -0.1) is 0 Å². The number of halogens is 3. The zero-order chi connectivity index (χ0) is 23.1. The van der Waals surface area contributed by atoms with Gasteiger partial charge in [0.05, 0.1) is 16.2 Å². The van der Waals surface area contributed by atoms with Crippen LogP contribution < -0.4 is 4.90 Å². The van der Waals surface area contributed by atoms with E-state index in [1.165, 1.54) is 10.4 Å². The quantitative estimate of drug-likeness (QED) is 0.628. The molecule has 3 aromatic rings. The van der Waals surface area contributed by atoms with Gasteiger partial charge in [0.1, 0.15) is 0 Å². The van der Waals surface area contributed by atoms with Crippen LogP contribution in [0.15, 0.2) is 53.4 Å². The van der Waals surface area contributed by atoms with Crippen molar-refractivity contribution in [2.24, 2.45) is 0 Å². The number of piperazine rings is 1. The third-order valence-corrected chi connectivity index (χ3v) is 7.63. The van der Waals surface area contributed by atoms with Crippen molar-refractivity contribution in [1.29, 1.82) is 0 Å². The molecule has 1 N–H and O–H groups in total. The number of hydrogen-bond acceptors (Lipinski definition) is 4. The summed E-state index contributed by atoms with van der Waals surface area (Å²) in [6.45, 7) is 4.58. The SMILES string of the molecule is Cc1cc(-c2ccc(C)c(S(=O)(=O)N3CCN(c4cccc(C(F)(F)F)c4)CC3)c2)n[nH]1. The number of hydrogen-bond donors (Lipinski definition) is 1. The first kappa shape index (κ1) is 22.3. The van der Waals surface area contributed by atoms with Gasteiger partial charge in [-0.2, -0.15) is 22.6 Å². The molecule has 0 unspecified atom stereocenters. The lowest BCUT2D eigenvalue weighted by molar-refractivity contribution is -0.137. The molecule has 0 saturated carbocycles. The van der Waals surface area contributed by atoms with Gasteiger partial charge in [-0.25, -0.2) is 8.42 Å². The molecular weight excluding hydrogens is 441 g/mol. The van der Waals surface area contributed by atoms with E-state index >= 15 is 0 Å². The summed E-state index contributed by atoms with van der Waals surface area (Å²) in [5.41, 5.74) is 2.57. The molecule has 2 heterocycles. The van der Waals surface area contributed by atoms with E-state index in [1.54, 1.807) is 30.0 Å². The van der Waals surface area contributed by atoms with Crippen molar-refractivity contribution in [3.05, 3.63) is 65.4 Å². The monoisotopic (exact) mass is 464 g/mol. The van der Waals surface area contributed by atoms with E-state index in [4.69, 9.17) is 0 Å². The van der Waals surface area contributed by atoms with Gasteiger partial charge in [-0.05, 0) is 49.7 Å². The minimum atomic E-state index is -4.42. The molecule has 0 spiro atoms. The van der Waals surface area contributed by atoms with Crippen LogP contribution in [0.2, 0.25) is 0 Å². The predicted octanol–water partition coefficient (Wildman–Crippen LogP) is 4.22. The molecule has 1 fully saturated rings. The van der Waals surface area contributed by atoms with Gasteiger partial charge in [-0.3, -0.25) is 5.10 Å². The Morgan fingerprint density at radius 2 is 1.69 bits per heavy atom. The number of nitrogens with one attached hydrogen (secondary N) is 1. The summed E-state index contributed by atoms with van der Waals surface area (Å²) in [6.07, 6.45) is -4.42. The number of alkyl halides is 3. The molecule has 6 nitrogen and oxygen atoms in total. The third-order valence-electron chi connectivity index (χ3n) is 5.58. The standard InChI is InChI=1S/C22H23F3N4O2S/c1-15-6-7-17(20-12-16(2)26-27-20)13-21(15)32(30,31)29-10-8-28(9-11-29)19-5-3-4-18(14-19)22(23,24)25/h3-7,12-14H,8-11H2,1-2H3,(H,26,27). The minimum absolute atomic E-state index is 0.184. The highest BCUT2D eigenvalue weighted by molar-refractivity contribution is 7.89. The lowest BCUT2D eigenvalue weighted by Gasteiger charge is -2.35. The molecule has 1 aliphatic heterocycles. The Morgan fingerprint density at radius 1 is 0.969 bits per heavy atom. The van der Waals surface area contributed by atoms with Gasteiger partial charge in [0.15, 0.2) is 0 Å². The van der Waals surface area contributed by atoms with E-state index in [-0.39, 0.29) is 18.0 Å². The summed E-state index contributed by atoms with van der Waals surface area (Å²) in [4.78, 5) is 1.99. The molecule has 0 atom stereocenters. The lowest BCUT2D eigenvalue weighted by atomic mass is 10.1. The molecule has 1 aliphatic rings. The fraction of sp³-hybridized carbons (Fsp3) is 0.318. The van der Waals surface area contributed by atoms with E-state index in [9.17, 15) is 21.6 Å². The number of benzene rings is 2. The number of anilines is 1. The Kier molecular flexibility index (Phi) is 5.76. The summed E-state index contributed by atoms with van der Waals surface area (Å²) in [7, 11) is -3.76.